The molecule has 0 saturated carbocycles. The Balaban J connectivity index is 1.41. The normalized spacial score (nSPS) is 19.6. The predicted molar refractivity (Wildman–Crippen MR) is 115 cm³/mol. The third-order valence-corrected chi connectivity index (χ3v) is 6.58. The van der Waals surface area contributed by atoms with Crippen LogP contribution in [0.4, 0.5) is 0 Å². The van der Waals surface area contributed by atoms with Crippen LogP contribution in [-0.4, -0.2) is 47.8 Å². The molecule has 1 unspecified atom stereocenters. The first-order valence-corrected chi connectivity index (χ1v) is 10.7. The minimum absolute atomic E-state index is 0.0250. The maximum atomic E-state index is 13.2. The summed E-state index contributed by atoms with van der Waals surface area (Å²) in [4.78, 5) is 30.3. The SMILES string of the molecule is CC(C)(C(=O)N1CCN(C(=O)C2CCCc3ccccc32)CC1)c1ccccc1. The number of rotatable bonds is 3. The van der Waals surface area contributed by atoms with Gasteiger partial charge in [-0.25, -0.2) is 0 Å². The topological polar surface area (TPSA) is 40.6 Å². The molecule has 1 heterocycles. The van der Waals surface area contributed by atoms with Gasteiger partial charge in [-0.1, -0.05) is 54.6 Å². The van der Waals surface area contributed by atoms with Crippen molar-refractivity contribution >= 4 is 11.8 Å². The van der Waals surface area contributed by atoms with Crippen LogP contribution in [0.5, 0.6) is 0 Å². The molecule has 0 spiro atoms. The second-order valence-electron chi connectivity index (χ2n) is 8.75. The van der Waals surface area contributed by atoms with Crippen molar-refractivity contribution in [3.63, 3.8) is 0 Å². The molecule has 0 bridgehead atoms. The quantitative estimate of drug-likeness (QED) is 0.801. The first-order chi connectivity index (χ1) is 14.0. The van der Waals surface area contributed by atoms with E-state index in [-0.39, 0.29) is 17.7 Å². The van der Waals surface area contributed by atoms with Crippen molar-refractivity contribution < 1.29 is 9.59 Å². The van der Waals surface area contributed by atoms with Crippen LogP contribution in [0.3, 0.4) is 0 Å². The standard InChI is InChI=1S/C25H30N2O2/c1-25(2,20-11-4-3-5-12-20)24(29)27-17-15-26(16-18-27)23(28)22-14-8-10-19-9-6-7-13-21(19)22/h3-7,9,11-13,22H,8,10,14-18H2,1-2H3. The van der Waals surface area contributed by atoms with E-state index in [0.29, 0.717) is 26.2 Å². The fraction of sp³-hybridized carbons (Fsp3) is 0.440. The summed E-state index contributed by atoms with van der Waals surface area (Å²) < 4.78 is 0. The van der Waals surface area contributed by atoms with E-state index in [0.717, 1.165) is 24.8 Å². The Hall–Kier alpha value is -2.62. The highest BCUT2D eigenvalue weighted by atomic mass is 16.2. The van der Waals surface area contributed by atoms with Crippen molar-refractivity contribution in [1.29, 1.82) is 0 Å². The van der Waals surface area contributed by atoms with Crippen LogP contribution in [0.15, 0.2) is 54.6 Å². The van der Waals surface area contributed by atoms with Crippen molar-refractivity contribution in [2.45, 2.75) is 44.4 Å². The highest BCUT2D eigenvalue weighted by Gasteiger charge is 2.37. The van der Waals surface area contributed by atoms with E-state index < -0.39 is 5.41 Å². The minimum Gasteiger partial charge on any atom is -0.339 e. The largest absolute Gasteiger partial charge is 0.339 e. The third kappa shape index (κ3) is 3.81. The van der Waals surface area contributed by atoms with E-state index in [1.54, 1.807) is 0 Å². The van der Waals surface area contributed by atoms with E-state index in [1.165, 1.54) is 11.1 Å². The number of carbonyl (C=O) groups is 2. The zero-order chi connectivity index (χ0) is 20.4. The number of fused-ring (bicyclic) bond motifs is 1. The van der Waals surface area contributed by atoms with Crippen molar-refractivity contribution in [2.24, 2.45) is 0 Å². The molecule has 1 atom stereocenters. The molecular formula is C25H30N2O2. The number of amides is 2. The molecule has 29 heavy (non-hydrogen) atoms. The number of aryl methyl sites for hydroxylation is 1. The molecular weight excluding hydrogens is 360 g/mol. The summed E-state index contributed by atoms with van der Waals surface area (Å²) in [6, 6.07) is 18.3. The Bertz CT molecular complexity index is 883. The van der Waals surface area contributed by atoms with Crippen LogP contribution in [-0.2, 0) is 21.4 Å². The third-order valence-electron chi connectivity index (χ3n) is 6.58. The molecule has 0 radical (unpaired) electrons. The van der Waals surface area contributed by atoms with Crippen LogP contribution < -0.4 is 0 Å². The van der Waals surface area contributed by atoms with E-state index in [9.17, 15) is 9.59 Å². The van der Waals surface area contributed by atoms with Gasteiger partial charge in [0.2, 0.25) is 11.8 Å². The fourth-order valence-electron chi connectivity index (χ4n) is 4.73. The number of nitrogens with zero attached hydrogens (tertiary/aromatic N) is 2. The lowest BCUT2D eigenvalue weighted by atomic mass is 9.82. The van der Waals surface area contributed by atoms with E-state index >= 15 is 0 Å². The summed E-state index contributed by atoms with van der Waals surface area (Å²) in [7, 11) is 0. The van der Waals surface area contributed by atoms with Gasteiger partial charge < -0.3 is 9.80 Å². The fourth-order valence-corrected chi connectivity index (χ4v) is 4.73. The van der Waals surface area contributed by atoms with Gasteiger partial charge in [-0.05, 0) is 49.8 Å². The predicted octanol–water partition coefficient (Wildman–Crippen LogP) is 3.76. The molecule has 4 heteroatoms. The Morgan fingerprint density at radius 1 is 0.862 bits per heavy atom. The molecule has 1 fully saturated rings. The van der Waals surface area contributed by atoms with Crippen molar-refractivity contribution in [3.05, 3.63) is 71.3 Å². The molecule has 2 amide bonds. The average molecular weight is 391 g/mol. The summed E-state index contributed by atoms with van der Waals surface area (Å²) in [6.07, 6.45) is 3.06. The van der Waals surface area contributed by atoms with Crippen LogP contribution >= 0.6 is 0 Å². The summed E-state index contributed by atoms with van der Waals surface area (Å²) in [5, 5.41) is 0. The summed E-state index contributed by atoms with van der Waals surface area (Å²) >= 11 is 0. The Morgan fingerprint density at radius 2 is 1.48 bits per heavy atom. The zero-order valence-electron chi connectivity index (χ0n) is 17.4. The lowest BCUT2D eigenvalue weighted by Gasteiger charge is -2.40. The Kier molecular flexibility index (Phi) is 5.44. The number of hydrogen-bond donors (Lipinski definition) is 0. The van der Waals surface area contributed by atoms with Crippen LogP contribution in [0, 0.1) is 0 Å². The van der Waals surface area contributed by atoms with E-state index in [4.69, 9.17) is 0 Å². The molecule has 0 N–H and O–H groups in total. The van der Waals surface area contributed by atoms with Gasteiger partial charge in [-0.3, -0.25) is 9.59 Å². The maximum Gasteiger partial charge on any atom is 0.232 e. The summed E-state index contributed by atoms with van der Waals surface area (Å²) in [5.41, 5.74) is 2.99. The second kappa shape index (κ2) is 8.02. The van der Waals surface area contributed by atoms with E-state index in [1.807, 2.05) is 60.0 Å². The molecule has 4 rings (SSSR count). The average Bonchev–Trinajstić information content (AvgIpc) is 2.78. The maximum absolute atomic E-state index is 13.2. The highest BCUT2D eigenvalue weighted by molar-refractivity contribution is 5.88. The lowest BCUT2D eigenvalue weighted by Crippen LogP contribution is -2.55. The van der Waals surface area contributed by atoms with E-state index in [2.05, 4.69) is 18.2 Å². The number of hydrogen-bond acceptors (Lipinski definition) is 2. The monoisotopic (exact) mass is 390 g/mol. The molecule has 1 aliphatic heterocycles. The molecule has 2 aromatic carbocycles. The van der Waals surface area contributed by atoms with Crippen molar-refractivity contribution in [1.82, 2.24) is 9.80 Å². The van der Waals surface area contributed by atoms with Gasteiger partial charge in [0.05, 0.1) is 11.3 Å². The number of piperazine rings is 1. The first kappa shape index (κ1) is 19.7. The Morgan fingerprint density at radius 3 is 2.21 bits per heavy atom. The Labute approximate surface area is 173 Å². The smallest absolute Gasteiger partial charge is 0.232 e. The molecule has 1 aliphatic carbocycles. The van der Waals surface area contributed by atoms with Crippen LogP contribution in [0.1, 0.15) is 49.3 Å². The zero-order valence-corrected chi connectivity index (χ0v) is 17.4. The van der Waals surface area contributed by atoms with Gasteiger partial charge in [0.25, 0.3) is 0 Å². The van der Waals surface area contributed by atoms with Crippen LogP contribution in [0.25, 0.3) is 0 Å². The van der Waals surface area contributed by atoms with Crippen LogP contribution in [0.2, 0.25) is 0 Å². The number of carbonyl (C=O) groups excluding carboxylic acids is 2. The van der Waals surface area contributed by atoms with Gasteiger partial charge >= 0.3 is 0 Å². The first-order valence-electron chi connectivity index (χ1n) is 10.7. The molecule has 2 aromatic rings. The molecule has 0 aromatic heterocycles. The second-order valence-corrected chi connectivity index (χ2v) is 8.75. The molecule has 2 aliphatic rings. The van der Waals surface area contributed by atoms with Gasteiger partial charge in [-0.2, -0.15) is 0 Å². The highest BCUT2D eigenvalue weighted by Crippen LogP contribution is 2.33. The molecule has 152 valence electrons. The summed E-state index contributed by atoms with van der Waals surface area (Å²) in [5.74, 6) is 0.341. The molecule has 1 saturated heterocycles. The van der Waals surface area contributed by atoms with Crippen molar-refractivity contribution in [3.8, 4) is 0 Å². The van der Waals surface area contributed by atoms with Gasteiger partial charge in [0, 0.05) is 26.2 Å². The number of benzene rings is 2. The summed E-state index contributed by atoms with van der Waals surface area (Å²) in [6.45, 7) is 6.43. The minimum atomic E-state index is -0.560. The van der Waals surface area contributed by atoms with Crippen molar-refractivity contribution in [2.75, 3.05) is 26.2 Å². The van der Waals surface area contributed by atoms with Gasteiger partial charge in [0.15, 0.2) is 0 Å². The lowest BCUT2D eigenvalue weighted by molar-refractivity contribution is -0.143. The van der Waals surface area contributed by atoms with Gasteiger partial charge in [-0.15, -0.1) is 0 Å². The van der Waals surface area contributed by atoms with Gasteiger partial charge in [0.1, 0.15) is 0 Å². The molecule has 4 nitrogen and oxygen atoms in total.